The van der Waals surface area contributed by atoms with E-state index in [0.717, 1.165) is 4.47 Å². The summed E-state index contributed by atoms with van der Waals surface area (Å²) in [7, 11) is 0. The molecule has 0 heterocycles. The van der Waals surface area contributed by atoms with Crippen LogP contribution in [-0.2, 0) is 11.2 Å². The maximum atomic E-state index is 13.4. The Hall–Kier alpha value is -0.740. The number of ketones is 1. The molecule has 1 aromatic carbocycles. The van der Waals surface area contributed by atoms with Crippen molar-refractivity contribution in [2.45, 2.75) is 19.8 Å². The molecule has 1 unspecified atom stereocenters. The number of carbonyl (C=O) groups excluding carboxylic acids is 1. The fraction of sp³-hybridized carbons (Fsp3) is 0.417. The van der Waals surface area contributed by atoms with Crippen molar-refractivity contribution in [3.63, 3.8) is 0 Å². The Bertz CT molecular complexity index is 381. The lowest BCUT2D eigenvalue weighted by molar-refractivity contribution is -0.121. The van der Waals surface area contributed by atoms with Gasteiger partial charge in [0.1, 0.15) is 11.6 Å². The number of halogens is 2. The Kier molecular flexibility index (Phi) is 5.09. The number of nitrogens with two attached hydrogens (primary N) is 1. The average Bonchev–Trinajstić information content (AvgIpc) is 2.23. The minimum atomic E-state index is -0.337. The molecule has 16 heavy (non-hydrogen) atoms. The van der Waals surface area contributed by atoms with E-state index in [1.807, 2.05) is 6.92 Å². The van der Waals surface area contributed by atoms with Gasteiger partial charge in [0.15, 0.2) is 0 Å². The summed E-state index contributed by atoms with van der Waals surface area (Å²) < 4.78 is 14.2. The summed E-state index contributed by atoms with van der Waals surface area (Å²) in [5.74, 6) is -0.415. The second-order valence-electron chi connectivity index (χ2n) is 3.86. The third kappa shape index (κ3) is 3.68. The first-order valence-corrected chi connectivity index (χ1v) is 6.00. The maximum absolute atomic E-state index is 13.4. The van der Waals surface area contributed by atoms with E-state index >= 15 is 0 Å². The fourth-order valence-electron chi connectivity index (χ4n) is 1.45. The number of Topliss-reactive ketones (excluding diaryl/α,β-unsaturated/α-hetero) is 1. The van der Waals surface area contributed by atoms with Crippen LogP contribution in [0.4, 0.5) is 4.39 Å². The molecular formula is C12H15BrFNO. The van der Waals surface area contributed by atoms with Crippen molar-refractivity contribution in [2.24, 2.45) is 11.7 Å². The summed E-state index contributed by atoms with van der Waals surface area (Å²) in [6, 6.07) is 4.62. The summed E-state index contributed by atoms with van der Waals surface area (Å²) in [4.78, 5) is 11.7. The summed E-state index contributed by atoms with van der Waals surface area (Å²) in [6.07, 6.45) is 0.779. The van der Waals surface area contributed by atoms with Gasteiger partial charge in [-0.1, -0.05) is 22.9 Å². The molecule has 0 saturated carbocycles. The van der Waals surface area contributed by atoms with Crippen LogP contribution in [-0.4, -0.2) is 12.3 Å². The number of hydrogen-bond acceptors (Lipinski definition) is 2. The van der Waals surface area contributed by atoms with Crippen molar-refractivity contribution in [1.82, 2.24) is 0 Å². The molecule has 0 saturated heterocycles. The van der Waals surface area contributed by atoms with E-state index in [0.29, 0.717) is 18.5 Å². The van der Waals surface area contributed by atoms with Crippen LogP contribution in [0, 0.1) is 11.7 Å². The van der Waals surface area contributed by atoms with E-state index in [1.54, 1.807) is 12.1 Å². The van der Waals surface area contributed by atoms with Crippen LogP contribution in [0.1, 0.15) is 18.9 Å². The summed E-state index contributed by atoms with van der Waals surface area (Å²) in [5.41, 5.74) is 5.81. The first-order valence-electron chi connectivity index (χ1n) is 5.21. The van der Waals surface area contributed by atoms with Crippen LogP contribution in [0.5, 0.6) is 0 Å². The van der Waals surface area contributed by atoms with E-state index < -0.39 is 0 Å². The zero-order chi connectivity index (χ0) is 12.1. The van der Waals surface area contributed by atoms with Crippen LogP contribution in [0.3, 0.4) is 0 Å². The van der Waals surface area contributed by atoms with Crippen molar-refractivity contribution in [2.75, 3.05) is 6.54 Å². The molecule has 1 atom stereocenters. The zero-order valence-electron chi connectivity index (χ0n) is 9.17. The van der Waals surface area contributed by atoms with Crippen LogP contribution >= 0.6 is 15.9 Å². The van der Waals surface area contributed by atoms with Gasteiger partial charge in [0.05, 0.1) is 0 Å². The van der Waals surface area contributed by atoms with Crippen LogP contribution in [0.25, 0.3) is 0 Å². The van der Waals surface area contributed by atoms with Crippen molar-refractivity contribution in [1.29, 1.82) is 0 Å². The standard InChI is InChI=1S/C12H15BrFNO/c1-8(4-5-15)12(16)7-9-6-10(13)2-3-11(9)14/h2-3,6,8H,4-5,7,15H2,1H3. The molecule has 2 nitrogen and oxygen atoms in total. The van der Waals surface area contributed by atoms with Gasteiger partial charge in [-0.2, -0.15) is 0 Å². The maximum Gasteiger partial charge on any atom is 0.140 e. The van der Waals surface area contributed by atoms with Crippen LogP contribution in [0.2, 0.25) is 0 Å². The molecule has 0 amide bonds. The number of carbonyl (C=O) groups is 1. The molecule has 2 N–H and O–H groups in total. The van der Waals surface area contributed by atoms with Gasteiger partial charge in [0.2, 0.25) is 0 Å². The summed E-state index contributed by atoms with van der Waals surface area (Å²) >= 11 is 3.26. The van der Waals surface area contributed by atoms with E-state index in [9.17, 15) is 9.18 Å². The molecule has 0 radical (unpaired) electrons. The van der Waals surface area contributed by atoms with Crippen molar-refractivity contribution < 1.29 is 9.18 Å². The Morgan fingerprint density at radius 1 is 1.56 bits per heavy atom. The highest BCUT2D eigenvalue weighted by Gasteiger charge is 2.14. The van der Waals surface area contributed by atoms with Gasteiger partial charge >= 0.3 is 0 Å². The lowest BCUT2D eigenvalue weighted by atomic mass is 9.96. The Balaban J connectivity index is 2.72. The van der Waals surface area contributed by atoms with Crippen molar-refractivity contribution in [3.05, 3.63) is 34.1 Å². The van der Waals surface area contributed by atoms with Crippen LogP contribution in [0.15, 0.2) is 22.7 Å². The molecule has 88 valence electrons. The molecule has 0 spiro atoms. The molecule has 0 aromatic heterocycles. The normalized spacial score (nSPS) is 12.5. The highest BCUT2D eigenvalue weighted by atomic mass is 79.9. The molecule has 4 heteroatoms. The second-order valence-corrected chi connectivity index (χ2v) is 4.77. The molecule has 1 rings (SSSR count). The second kappa shape index (κ2) is 6.11. The number of hydrogen-bond donors (Lipinski definition) is 1. The molecule has 0 aliphatic carbocycles. The minimum Gasteiger partial charge on any atom is -0.330 e. The predicted molar refractivity (Wildman–Crippen MR) is 65.6 cm³/mol. The highest BCUT2D eigenvalue weighted by molar-refractivity contribution is 9.10. The quantitative estimate of drug-likeness (QED) is 0.905. The smallest absolute Gasteiger partial charge is 0.140 e. The van der Waals surface area contributed by atoms with Gasteiger partial charge in [-0.05, 0) is 36.7 Å². The fourth-order valence-corrected chi connectivity index (χ4v) is 1.86. The lowest BCUT2D eigenvalue weighted by Crippen LogP contribution is -2.17. The average molecular weight is 288 g/mol. The van der Waals surface area contributed by atoms with Gasteiger partial charge in [-0.25, -0.2) is 4.39 Å². The Morgan fingerprint density at radius 2 is 2.25 bits per heavy atom. The molecule has 0 aliphatic rings. The Labute approximate surface area is 103 Å². The molecule has 1 aromatic rings. The largest absolute Gasteiger partial charge is 0.330 e. The minimum absolute atomic E-state index is 0.0300. The molecular weight excluding hydrogens is 273 g/mol. The van der Waals surface area contributed by atoms with Gasteiger partial charge in [0, 0.05) is 16.8 Å². The van der Waals surface area contributed by atoms with Crippen molar-refractivity contribution >= 4 is 21.7 Å². The van der Waals surface area contributed by atoms with E-state index in [4.69, 9.17) is 5.73 Å². The molecule has 0 bridgehead atoms. The molecule has 0 aliphatic heterocycles. The van der Waals surface area contributed by atoms with Gasteiger partial charge in [0.25, 0.3) is 0 Å². The van der Waals surface area contributed by atoms with Gasteiger partial charge < -0.3 is 5.73 Å². The predicted octanol–water partition coefficient (Wildman–Crippen LogP) is 2.68. The summed E-state index contributed by atoms with van der Waals surface area (Å²) in [5, 5.41) is 0. The third-order valence-electron chi connectivity index (χ3n) is 2.52. The van der Waals surface area contributed by atoms with Gasteiger partial charge in [-0.15, -0.1) is 0 Å². The summed E-state index contributed by atoms with van der Waals surface area (Å²) in [6.45, 7) is 2.30. The molecule has 0 fully saturated rings. The highest BCUT2D eigenvalue weighted by Crippen LogP contribution is 2.17. The van der Waals surface area contributed by atoms with E-state index in [2.05, 4.69) is 15.9 Å². The lowest BCUT2D eigenvalue weighted by Gasteiger charge is -2.09. The number of rotatable bonds is 5. The monoisotopic (exact) mass is 287 g/mol. The van der Waals surface area contributed by atoms with Crippen molar-refractivity contribution in [3.8, 4) is 0 Å². The zero-order valence-corrected chi connectivity index (χ0v) is 10.8. The topological polar surface area (TPSA) is 43.1 Å². The van der Waals surface area contributed by atoms with Crippen LogP contribution < -0.4 is 5.73 Å². The van der Waals surface area contributed by atoms with E-state index in [1.165, 1.54) is 6.07 Å². The first-order chi connectivity index (χ1) is 7.54. The Morgan fingerprint density at radius 3 is 2.88 bits per heavy atom. The first kappa shape index (κ1) is 13.3. The number of benzene rings is 1. The van der Waals surface area contributed by atoms with E-state index in [-0.39, 0.29) is 23.9 Å². The SMILES string of the molecule is CC(CCN)C(=O)Cc1cc(Br)ccc1F. The third-order valence-corrected chi connectivity index (χ3v) is 3.02. The van der Waals surface area contributed by atoms with Gasteiger partial charge in [-0.3, -0.25) is 4.79 Å².